The van der Waals surface area contributed by atoms with Gasteiger partial charge in [0.1, 0.15) is 11.5 Å². The highest BCUT2D eigenvalue weighted by molar-refractivity contribution is 5.93. The van der Waals surface area contributed by atoms with Crippen LogP contribution in [0.3, 0.4) is 0 Å². The van der Waals surface area contributed by atoms with E-state index < -0.39 is 5.97 Å². The van der Waals surface area contributed by atoms with Crippen LogP contribution in [0.4, 0.5) is 0 Å². The molecule has 2 N–H and O–H groups in total. The quantitative estimate of drug-likeness (QED) is 0.853. The van der Waals surface area contributed by atoms with Gasteiger partial charge in [-0.3, -0.25) is 14.7 Å². The van der Waals surface area contributed by atoms with Gasteiger partial charge in [0.15, 0.2) is 11.5 Å². The van der Waals surface area contributed by atoms with Crippen LogP contribution in [-0.2, 0) is 4.79 Å². The SMILES string of the molecule is Cc1ccc(-c2cc(C(=O)N(CCC(=O)O)C(C)C)n[nH]2)o1. The van der Waals surface area contributed by atoms with E-state index in [-0.39, 0.29) is 30.6 Å². The average Bonchev–Trinajstić information content (AvgIpc) is 3.06. The monoisotopic (exact) mass is 305 g/mol. The summed E-state index contributed by atoms with van der Waals surface area (Å²) in [5.41, 5.74) is 0.849. The number of aromatic amines is 1. The van der Waals surface area contributed by atoms with Crippen LogP contribution in [0.1, 0.15) is 36.5 Å². The fourth-order valence-electron chi connectivity index (χ4n) is 2.09. The molecule has 118 valence electrons. The Hall–Kier alpha value is -2.57. The molecule has 0 unspecified atom stereocenters. The molecule has 1 amide bonds. The van der Waals surface area contributed by atoms with Crippen LogP contribution in [-0.4, -0.2) is 44.7 Å². The van der Waals surface area contributed by atoms with Gasteiger partial charge in [0.05, 0.1) is 6.42 Å². The smallest absolute Gasteiger partial charge is 0.305 e. The third kappa shape index (κ3) is 3.55. The van der Waals surface area contributed by atoms with Gasteiger partial charge in [0.2, 0.25) is 0 Å². The molecule has 0 radical (unpaired) electrons. The van der Waals surface area contributed by atoms with E-state index in [0.717, 1.165) is 5.76 Å². The number of carboxylic acids is 1. The number of rotatable bonds is 6. The number of H-pyrrole nitrogens is 1. The van der Waals surface area contributed by atoms with Crippen LogP contribution in [0.2, 0.25) is 0 Å². The molecular formula is C15H19N3O4. The first-order valence-corrected chi connectivity index (χ1v) is 7.03. The summed E-state index contributed by atoms with van der Waals surface area (Å²) in [7, 11) is 0. The minimum Gasteiger partial charge on any atom is -0.481 e. The Morgan fingerprint density at radius 1 is 1.41 bits per heavy atom. The number of nitrogens with zero attached hydrogens (tertiary/aromatic N) is 2. The van der Waals surface area contributed by atoms with Crippen molar-refractivity contribution < 1.29 is 19.1 Å². The third-order valence-corrected chi connectivity index (χ3v) is 3.25. The minimum absolute atomic E-state index is 0.0986. The Balaban J connectivity index is 2.17. The Morgan fingerprint density at radius 2 is 2.14 bits per heavy atom. The molecule has 0 aliphatic rings. The zero-order valence-corrected chi connectivity index (χ0v) is 12.8. The second-order valence-corrected chi connectivity index (χ2v) is 5.31. The van der Waals surface area contributed by atoms with Crippen LogP contribution in [0.15, 0.2) is 22.6 Å². The van der Waals surface area contributed by atoms with Crippen molar-refractivity contribution in [2.75, 3.05) is 6.54 Å². The molecule has 7 heteroatoms. The van der Waals surface area contributed by atoms with Crippen molar-refractivity contribution in [2.45, 2.75) is 33.2 Å². The second-order valence-electron chi connectivity index (χ2n) is 5.31. The van der Waals surface area contributed by atoms with E-state index in [0.29, 0.717) is 11.5 Å². The number of aromatic nitrogens is 2. The van der Waals surface area contributed by atoms with Crippen molar-refractivity contribution in [3.8, 4) is 11.5 Å². The molecule has 2 rings (SSSR count). The molecule has 0 bridgehead atoms. The predicted octanol–water partition coefficient (Wildman–Crippen LogP) is 2.30. The normalized spacial score (nSPS) is 10.9. The van der Waals surface area contributed by atoms with Crippen LogP contribution in [0.5, 0.6) is 0 Å². The first kappa shape index (κ1) is 15.8. The van der Waals surface area contributed by atoms with Crippen molar-refractivity contribution in [3.05, 3.63) is 29.7 Å². The maximum Gasteiger partial charge on any atom is 0.305 e. The van der Waals surface area contributed by atoms with E-state index in [1.807, 2.05) is 26.8 Å². The molecule has 2 aromatic rings. The Kier molecular flexibility index (Phi) is 4.65. The van der Waals surface area contributed by atoms with Gasteiger partial charge in [-0.05, 0) is 32.9 Å². The van der Waals surface area contributed by atoms with Gasteiger partial charge in [-0.25, -0.2) is 0 Å². The highest BCUT2D eigenvalue weighted by Crippen LogP contribution is 2.21. The van der Waals surface area contributed by atoms with Gasteiger partial charge in [-0.15, -0.1) is 0 Å². The van der Waals surface area contributed by atoms with Crippen LogP contribution >= 0.6 is 0 Å². The fraction of sp³-hybridized carbons (Fsp3) is 0.400. The molecule has 2 heterocycles. The lowest BCUT2D eigenvalue weighted by Gasteiger charge is -2.25. The molecule has 0 saturated carbocycles. The molecule has 0 fully saturated rings. The number of hydrogen-bond donors (Lipinski definition) is 2. The van der Waals surface area contributed by atoms with Crippen molar-refractivity contribution in [1.82, 2.24) is 15.1 Å². The maximum absolute atomic E-state index is 12.5. The zero-order valence-electron chi connectivity index (χ0n) is 12.8. The van der Waals surface area contributed by atoms with Gasteiger partial charge in [-0.1, -0.05) is 0 Å². The second kappa shape index (κ2) is 6.46. The summed E-state index contributed by atoms with van der Waals surface area (Å²) in [4.78, 5) is 24.7. The van der Waals surface area contributed by atoms with Gasteiger partial charge < -0.3 is 14.4 Å². The minimum atomic E-state index is -0.938. The Bertz CT molecular complexity index is 672. The lowest BCUT2D eigenvalue weighted by molar-refractivity contribution is -0.137. The summed E-state index contributed by atoms with van der Waals surface area (Å²) in [5.74, 6) is 0.127. The molecule has 0 saturated heterocycles. The molecular weight excluding hydrogens is 286 g/mol. The van der Waals surface area contributed by atoms with Crippen LogP contribution < -0.4 is 0 Å². The molecule has 0 aliphatic carbocycles. The highest BCUT2D eigenvalue weighted by Gasteiger charge is 2.22. The summed E-state index contributed by atoms with van der Waals surface area (Å²) >= 11 is 0. The molecule has 0 aliphatic heterocycles. The third-order valence-electron chi connectivity index (χ3n) is 3.25. The average molecular weight is 305 g/mol. The van der Waals surface area contributed by atoms with E-state index in [1.165, 1.54) is 4.90 Å². The number of hydrogen-bond acceptors (Lipinski definition) is 4. The van der Waals surface area contributed by atoms with Gasteiger partial charge >= 0.3 is 5.97 Å². The van der Waals surface area contributed by atoms with Crippen LogP contribution in [0.25, 0.3) is 11.5 Å². The first-order chi connectivity index (χ1) is 10.4. The largest absolute Gasteiger partial charge is 0.481 e. The first-order valence-electron chi connectivity index (χ1n) is 7.03. The number of amides is 1. The van der Waals surface area contributed by atoms with Crippen molar-refractivity contribution >= 4 is 11.9 Å². The fourth-order valence-corrected chi connectivity index (χ4v) is 2.09. The predicted molar refractivity (Wildman–Crippen MR) is 79.5 cm³/mol. The van der Waals surface area contributed by atoms with E-state index in [4.69, 9.17) is 9.52 Å². The lowest BCUT2D eigenvalue weighted by Crippen LogP contribution is -2.38. The van der Waals surface area contributed by atoms with Crippen LogP contribution in [0, 0.1) is 6.92 Å². The standard InChI is InChI=1S/C15H19N3O4/c1-9(2)18(7-6-14(19)20)15(21)12-8-11(16-17-12)13-5-4-10(3)22-13/h4-5,8-9H,6-7H2,1-3H3,(H,16,17)(H,19,20). The molecule has 0 spiro atoms. The summed E-state index contributed by atoms with van der Waals surface area (Å²) in [6, 6.07) is 5.11. The Morgan fingerprint density at radius 3 is 2.68 bits per heavy atom. The number of nitrogens with one attached hydrogen (secondary N) is 1. The summed E-state index contributed by atoms with van der Waals surface area (Å²) < 4.78 is 5.48. The number of carbonyl (C=O) groups excluding carboxylic acids is 1. The van der Waals surface area contributed by atoms with E-state index in [2.05, 4.69) is 10.2 Å². The lowest BCUT2D eigenvalue weighted by atomic mass is 10.2. The number of carboxylic acid groups (broad SMARTS) is 1. The topological polar surface area (TPSA) is 99.4 Å². The molecule has 7 nitrogen and oxygen atoms in total. The molecule has 2 aromatic heterocycles. The Labute approximate surface area is 127 Å². The van der Waals surface area contributed by atoms with Crippen molar-refractivity contribution in [1.29, 1.82) is 0 Å². The zero-order chi connectivity index (χ0) is 16.3. The van der Waals surface area contributed by atoms with E-state index in [1.54, 1.807) is 12.1 Å². The summed E-state index contributed by atoms with van der Waals surface area (Å²) in [5, 5.41) is 15.6. The van der Waals surface area contributed by atoms with Crippen molar-refractivity contribution in [3.63, 3.8) is 0 Å². The number of furan rings is 1. The number of carbonyl (C=O) groups is 2. The summed E-state index contributed by atoms with van der Waals surface area (Å²) in [6.45, 7) is 5.65. The molecule has 0 atom stereocenters. The summed E-state index contributed by atoms with van der Waals surface area (Å²) in [6.07, 6.45) is -0.0986. The van der Waals surface area contributed by atoms with Crippen molar-refractivity contribution in [2.24, 2.45) is 0 Å². The van der Waals surface area contributed by atoms with Gasteiger partial charge in [-0.2, -0.15) is 5.10 Å². The van der Waals surface area contributed by atoms with E-state index >= 15 is 0 Å². The molecule has 0 aromatic carbocycles. The maximum atomic E-state index is 12.5. The number of aliphatic carboxylic acids is 1. The van der Waals surface area contributed by atoms with E-state index in [9.17, 15) is 9.59 Å². The highest BCUT2D eigenvalue weighted by atomic mass is 16.4. The number of aryl methyl sites for hydroxylation is 1. The van der Waals surface area contributed by atoms with Gasteiger partial charge in [0.25, 0.3) is 5.91 Å². The molecule has 22 heavy (non-hydrogen) atoms. The van der Waals surface area contributed by atoms with Gasteiger partial charge in [0, 0.05) is 18.7 Å².